The molecule has 0 spiro atoms. The number of hydrogen-bond acceptors (Lipinski definition) is 3. The summed E-state index contributed by atoms with van der Waals surface area (Å²) in [6.45, 7) is 2.42. The first-order chi connectivity index (χ1) is 4.72. The molecule has 3 N–H and O–H groups in total. The van der Waals surface area contributed by atoms with Crippen LogP contribution in [0.1, 0.15) is 6.42 Å². The maximum absolute atomic E-state index is 8.63. The van der Waals surface area contributed by atoms with Gasteiger partial charge >= 0.3 is 0 Å². The molecule has 1 aliphatic rings. The molecule has 1 atom stereocenters. The van der Waals surface area contributed by atoms with Gasteiger partial charge in [-0.15, -0.1) is 0 Å². The van der Waals surface area contributed by atoms with Crippen LogP contribution in [0, 0.1) is 5.92 Å². The second-order valence-corrected chi connectivity index (χ2v) is 3.27. The van der Waals surface area contributed by atoms with Crippen LogP contribution in [0.2, 0.25) is 0 Å². The van der Waals surface area contributed by atoms with Crippen molar-refractivity contribution in [2.45, 2.75) is 12.5 Å². The highest BCUT2D eigenvalue weighted by Gasteiger charge is 2.24. The monoisotopic (exact) mass is 144 g/mol. The van der Waals surface area contributed by atoms with Gasteiger partial charge in [0.05, 0.1) is 6.61 Å². The third kappa shape index (κ3) is 1.94. The zero-order valence-electron chi connectivity index (χ0n) is 6.45. The molecule has 0 aromatic rings. The number of aliphatic hydroxyl groups is 1. The van der Waals surface area contributed by atoms with E-state index in [0.717, 1.165) is 25.4 Å². The molecule has 1 rings (SSSR count). The van der Waals surface area contributed by atoms with Crippen molar-refractivity contribution in [3.63, 3.8) is 0 Å². The van der Waals surface area contributed by atoms with Gasteiger partial charge in [0, 0.05) is 19.1 Å². The van der Waals surface area contributed by atoms with E-state index in [0.29, 0.717) is 0 Å². The van der Waals surface area contributed by atoms with Crippen molar-refractivity contribution in [2.75, 3.05) is 26.7 Å². The topological polar surface area (TPSA) is 49.5 Å². The summed E-state index contributed by atoms with van der Waals surface area (Å²) in [5, 5.41) is 8.63. The van der Waals surface area contributed by atoms with Gasteiger partial charge in [-0.05, 0) is 19.4 Å². The molecule has 0 radical (unpaired) electrons. The molecule has 0 aliphatic carbocycles. The zero-order chi connectivity index (χ0) is 7.56. The van der Waals surface area contributed by atoms with Crippen LogP contribution in [0.3, 0.4) is 0 Å². The Hall–Kier alpha value is -0.120. The molecule has 60 valence electrons. The highest BCUT2D eigenvalue weighted by Crippen LogP contribution is 2.17. The van der Waals surface area contributed by atoms with E-state index in [1.165, 1.54) is 0 Å². The molecule has 0 bridgehead atoms. The summed E-state index contributed by atoms with van der Waals surface area (Å²) >= 11 is 0. The molecule has 1 saturated heterocycles. The first-order valence-electron chi connectivity index (χ1n) is 3.77. The lowest BCUT2D eigenvalue weighted by Gasteiger charge is -2.37. The number of nitrogens with zero attached hydrogens (tertiary/aromatic N) is 1. The van der Waals surface area contributed by atoms with Crippen LogP contribution in [0.25, 0.3) is 0 Å². The van der Waals surface area contributed by atoms with E-state index >= 15 is 0 Å². The summed E-state index contributed by atoms with van der Waals surface area (Å²) in [6, 6.07) is -0.00120. The van der Waals surface area contributed by atoms with Crippen LogP contribution in [-0.2, 0) is 0 Å². The molecule has 0 aromatic heterocycles. The smallest absolute Gasteiger partial charge is 0.0582 e. The van der Waals surface area contributed by atoms with Gasteiger partial charge < -0.3 is 15.7 Å². The minimum atomic E-state index is -0.00120. The standard InChI is InChI=1S/C7H16N2O/c1-9-3-6(4-9)2-7(8)5-10/h6-7,10H,2-5,8H2,1H3. The first-order valence-corrected chi connectivity index (χ1v) is 3.77. The van der Waals surface area contributed by atoms with Crippen LogP contribution in [0.5, 0.6) is 0 Å². The summed E-state index contributed by atoms with van der Waals surface area (Å²) in [5.41, 5.74) is 5.56. The molecule has 1 aliphatic heterocycles. The van der Waals surface area contributed by atoms with E-state index in [1.807, 2.05) is 0 Å². The molecule has 3 heteroatoms. The van der Waals surface area contributed by atoms with Crippen LogP contribution >= 0.6 is 0 Å². The maximum atomic E-state index is 8.63. The van der Waals surface area contributed by atoms with Gasteiger partial charge in [0.25, 0.3) is 0 Å². The van der Waals surface area contributed by atoms with E-state index in [1.54, 1.807) is 0 Å². The average molecular weight is 144 g/mol. The highest BCUT2D eigenvalue weighted by molar-refractivity contribution is 4.80. The fraction of sp³-hybridized carbons (Fsp3) is 1.00. The fourth-order valence-corrected chi connectivity index (χ4v) is 1.48. The SMILES string of the molecule is CN1CC(CC(N)CO)C1. The molecule has 10 heavy (non-hydrogen) atoms. The molecule has 0 amide bonds. The molecule has 0 saturated carbocycles. The number of hydrogen-bond donors (Lipinski definition) is 2. The Kier molecular flexibility index (Phi) is 2.65. The molecule has 0 aromatic carbocycles. The Morgan fingerprint density at radius 3 is 2.70 bits per heavy atom. The van der Waals surface area contributed by atoms with Crippen molar-refractivity contribution in [3.8, 4) is 0 Å². The fourth-order valence-electron chi connectivity index (χ4n) is 1.48. The zero-order valence-corrected chi connectivity index (χ0v) is 6.45. The summed E-state index contributed by atoms with van der Waals surface area (Å²) in [7, 11) is 2.10. The van der Waals surface area contributed by atoms with Crippen molar-refractivity contribution in [1.82, 2.24) is 4.90 Å². The molecule has 1 unspecified atom stereocenters. The van der Waals surface area contributed by atoms with Crippen LogP contribution < -0.4 is 5.73 Å². The Balaban J connectivity index is 2.04. The predicted octanol–water partition coefficient (Wildman–Crippen LogP) is -0.742. The van der Waals surface area contributed by atoms with Crippen LogP contribution in [0.4, 0.5) is 0 Å². The van der Waals surface area contributed by atoms with E-state index in [2.05, 4.69) is 11.9 Å². The van der Waals surface area contributed by atoms with Gasteiger partial charge in [0.1, 0.15) is 0 Å². The molecule has 1 fully saturated rings. The van der Waals surface area contributed by atoms with Crippen molar-refractivity contribution in [1.29, 1.82) is 0 Å². The van der Waals surface area contributed by atoms with Crippen molar-refractivity contribution >= 4 is 0 Å². The lowest BCUT2D eigenvalue weighted by atomic mass is 9.94. The van der Waals surface area contributed by atoms with Crippen LogP contribution in [0.15, 0.2) is 0 Å². The molecular weight excluding hydrogens is 128 g/mol. The van der Waals surface area contributed by atoms with Gasteiger partial charge in [-0.2, -0.15) is 0 Å². The van der Waals surface area contributed by atoms with E-state index in [9.17, 15) is 0 Å². The molecular formula is C7H16N2O. The van der Waals surface area contributed by atoms with Gasteiger partial charge in [0.15, 0.2) is 0 Å². The Morgan fingerprint density at radius 1 is 1.70 bits per heavy atom. The van der Waals surface area contributed by atoms with Crippen molar-refractivity contribution in [3.05, 3.63) is 0 Å². The lowest BCUT2D eigenvalue weighted by Crippen LogP contribution is -2.46. The summed E-state index contributed by atoms with van der Waals surface area (Å²) in [6.07, 6.45) is 0.973. The van der Waals surface area contributed by atoms with Crippen LogP contribution in [-0.4, -0.2) is 42.8 Å². The predicted molar refractivity (Wildman–Crippen MR) is 40.7 cm³/mol. The summed E-state index contributed by atoms with van der Waals surface area (Å²) < 4.78 is 0. The van der Waals surface area contributed by atoms with E-state index in [-0.39, 0.29) is 12.6 Å². The van der Waals surface area contributed by atoms with Crippen molar-refractivity contribution in [2.24, 2.45) is 11.7 Å². The summed E-state index contributed by atoms with van der Waals surface area (Å²) in [5.74, 6) is 0.729. The number of likely N-dealkylation sites (tertiary alicyclic amines) is 1. The van der Waals surface area contributed by atoms with Gasteiger partial charge in [-0.25, -0.2) is 0 Å². The number of aliphatic hydroxyl groups excluding tert-OH is 1. The normalized spacial score (nSPS) is 24.3. The number of rotatable bonds is 3. The first kappa shape index (κ1) is 7.98. The van der Waals surface area contributed by atoms with Gasteiger partial charge in [-0.3, -0.25) is 0 Å². The second-order valence-electron chi connectivity index (χ2n) is 3.27. The average Bonchev–Trinajstić information content (AvgIpc) is 1.84. The Bertz CT molecular complexity index is 102. The van der Waals surface area contributed by atoms with Gasteiger partial charge in [0.2, 0.25) is 0 Å². The van der Waals surface area contributed by atoms with Gasteiger partial charge in [-0.1, -0.05) is 0 Å². The molecule has 1 heterocycles. The quantitative estimate of drug-likeness (QED) is 0.548. The minimum absolute atomic E-state index is 0.00120. The highest BCUT2D eigenvalue weighted by atomic mass is 16.3. The summed E-state index contributed by atoms with van der Waals surface area (Å²) in [4.78, 5) is 2.26. The third-order valence-corrected chi connectivity index (χ3v) is 2.01. The van der Waals surface area contributed by atoms with E-state index in [4.69, 9.17) is 10.8 Å². The second kappa shape index (κ2) is 3.32. The van der Waals surface area contributed by atoms with E-state index < -0.39 is 0 Å². The molecule has 3 nitrogen and oxygen atoms in total. The minimum Gasteiger partial charge on any atom is -0.395 e. The van der Waals surface area contributed by atoms with Crippen molar-refractivity contribution < 1.29 is 5.11 Å². The Labute approximate surface area is 61.8 Å². The Morgan fingerprint density at radius 2 is 2.30 bits per heavy atom. The number of nitrogens with two attached hydrogens (primary N) is 1. The lowest BCUT2D eigenvalue weighted by molar-refractivity contribution is 0.111. The maximum Gasteiger partial charge on any atom is 0.0582 e. The largest absolute Gasteiger partial charge is 0.395 e. The third-order valence-electron chi connectivity index (χ3n) is 2.01.